The molecule has 0 aromatic heterocycles. The van der Waals surface area contributed by atoms with Crippen LogP contribution in [-0.4, -0.2) is 67.9 Å². The van der Waals surface area contributed by atoms with Crippen LogP contribution in [0.3, 0.4) is 0 Å². The lowest BCUT2D eigenvalue weighted by Gasteiger charge is -2.32. The van der Waals surface area contributed by atoms with Crippen molar-refractivity contribution >= 4 is 18.2 Å². The van der Waals surface area contributed by atoms with E-state index in [1.165, 1.54) is 0 Å². The summed E-state index contributed by atoms with van der Waals surface area (Å²) in [5.74, 6) is 0.218. The molecular formula is C15H19N3O4. The third-order valence-electron chi connectivity index (χ3n) is 3.57. The molecule has 1 aliphatic rings. The fraction of sp³-hybridized carbons (Fsp3) is 0.400. The number of piperazine rings is 1. The lowest BCUT2D eigenvalue weighted by atomic mass is 10.2. The van der Waals surface area contributed by atoms with Crippen LogP contribution in [0.25, 0.3) is 0 Å². The Morgan fingerprint density at radius 3 is 2.36 bits per heavy atom. The predicted octanol–water partition coefficient (Wildman–Crippen LogP) is -0.274. The van der Waals surface area contributed by atoms with E-state index in [1.54, 1.807) is 41.2 Å². The summed E-state index contributed by atoms with van der Waals surface area (Å²) in [4.78, 5) is 37.8. The van der Waals surface area contributed by atoms with E-state index in [9.17, 15) is 14.4 Å². The Bertz CT molecular complexity index is 536. The average Bonchev–Trinajstić information content (AvgIpc) is 2.59. The molecule has 0 atom stereocenters. The molecule has 1 aromatic carbocycles. The number of hydrogen-bond donors (Lipinski definition) is 1. The van der Waals surface area contributed by atoms with Gasteiger partial charge in [0.15, 0.2) is 0 Å². The van der Waals surface area contributed by atoms with Crippen molar-refractivity contribution in [3.05, 3.63) is 29.8 Å². The number of carbonyl (C=O) groups excluding carboxylic acids is 3. The lowest BCUT2D eigenvalue weighted by molar-refractivity contribution is -0.134. The molecule has 22 heavy (non-hydrogen) atoms. The van der Waals surface area contributed by atoms with Crippen molar-refractivity contribution in [2.75, 3.05) is 39.8 Å². The molecule has 1 heterocycles. The summed E-state index contributed by atoms with van der Waals surface area (Å²) >= 11 is 0. The summed E-state index contributed by atoms with van der Waals surface area (Å²) in [6.07, 6.45) is 0.785. The van der Waals surface area contributed by atoms with E-state index in [-0.39, 0.29) is 18.4 Å². The highest BCUT2D eigenvalue weighted by molar-refractivity contribution is 5.96. The molecule has 1 fully saturated rings. The Morgan fingerprint density at radius 1 is 1.18 bits per heavy atom. The van der Waals surface area contributed by atoms with E-state index in [2.05, 4.69) is 5.32 Å². The Balaban J connectivity index is 1.80. The molecule has 0 unspecified atom stereocenters. The summed E-state index contributed by atoms with van der Waals surface area (Å²) in [5, 5.41) is 2.60. The number of amides is 3. The molecule has 1 N–H and O–H groups in total. The Morgan fingerprint density at radius 2 is 1.82 bits per heavy atom. The number of benzene rings is 1. The van der Waals surface area contributed by atoms with Crippen molar-refractivity contribution in [2.45, 2.75) is 0 Å². The zero-order valence-corrected chi connectivity index (χ0v) is 12.4. The molecule has 1 aliphatic heterocycles. The highest BCUT2D eigenvalue weighted by Crippen LogP contribution is 2.11. The van der Waals surface area contributed by atoms with Gasteiger partial charge in [0, 0.05) is 31.7 Å². The van der Waals surface area contributed by atoms with Gasteiger partial charge >= 0.3 is 0 Å². The smallest absolute Gasteiger partial charge is 0.251 e. The molecule has 0 aliphatic carbocycles. The Labute approximate surface area is 128 Å². The maximum atomic E-state index is 12.0. The summed E-state index contributed by atoms with van der Waals surface area (Å²) in [6.45, 7) is 2.00. The third kappa shape index (κ3) is 3.97. The van der Waals surface area contributed by atoms with Crippen molar-refractivity contribution in [3.8, 4) is 5.75 Å². The van der Waals surface area contributed by atoms with Crippen LogP contribution in [0.2, 0.25) is 0 Å². The maximum absolute atomic E-state index is 12.0. The number of nitrogens with zero attached hydrogens (tertiary/aromatic N) is 2. The van der Waals surface area contributed by atoms with Crippen LogP contribution in [0.4, 0.5) is 0 Å². The summed E-state index contributed by atoms with van der Waals surface area (Å²) < 4.78 is 5.02. The first kappa shape index (κ1) is 15.8. The van der Waals surface area contributed by atoms with Crippen molar-refractivity contribution < 1.29 is 19.1 Å². The second kappa shape index (κ2) is 7.44. The maximum Gasteiger partial charge on any atom is 0.251 e. The first-order valence-electron chi connectivity index (χ1n) is 7.03. The summed E-state index contributed by atoms with van der Waals surface area (Å²) in [7, 11) is 1.55. The molecule has 7 heteroatoms. The Hall–Kier alpha value is -2.57. The first-order valence-corrected chi connectivity index (χ1v) is 7.03. The van der Waals surface area contributed by atoms with Crippen LogP contribution < -0.4 is 10.1 Å². The van der Waals surface area contributed by atoms with E-state index in [1.807, 2.05) is 0 Å². The molecule has 0 radical (unpaired) electrons. The van der Waals surface area contributed by atoms with Gasteiger partial charge in [-0.05, 0) is 24.3 Å². The predicted molar refractivity (Wildman–Crippen MR) is 79.5 cm³/mol. The second-order valence-corrected chi connectivity index (χ2v) is 4.93. The van der Waals surface area contributed by atoms with Crippen molar-refractivity contribution in [2.24, 2.45) is 0 Å². The Kier molecular flexibility index (Phi) is 5.35. The largest absolute Gasteiger partial charge is 0.497 e. The second-order valence-electron chi connectivity index (χ2n) is 4.93. The van der Waals surface area contributed by atoms with E-state index in [0.717, 1.165) is 6.41 Å². The van der Waals surface area contributed by atoms with Gasteiger partial charge in [-0.25, -0.2) is 0 Å². The van der Waals surface area contributed by atoms with Gasteiger partial charge in [-0.2, -0.15) is 0 Å². The minimum Gasteiger partial charge on any atom is -0.497 e. The monoisotopic (exact) mass is 305 g/mol. The van der Waals surface area contributed by atoms with Gasteiger partial charge < -0.3 is 19.9 Å². The number of methoxy groups -OCH3 is 1. The van der Waals surface area contributed by atoms with E-state index in [4.69, 9.17) is 4.74 Å². The summed E-state index contributed by atoms with van der Waals surface area (Å²) in [6, 6.07) is 6.66. The van der Waals surface area contributed by atoms with Crippen LogP contribution >= 0.6 is 0 Å². The van der Waals surface area contributed by atoms with Crippen LogP contribution in [0.1, 0.15) is 10.4 Å². The number of nitrogens with one attached hydrogen (secondary N) is 1. The van der Waals surface area contributed by atoms with E-state index < -0.39 is 0 Å². The van der Waals surface area contributed by atoms with Gasteiger partial charge in [0.1, 0.15) is 5.75 Å². The van der Waals surface area contributed by atoms with Crippen LogP contribution in [0, 0.1) is 0 Å². The normalized spacial score (nSPS) is 14.4. The van der Waals surface area contributed by atoms with Crippen LogP contribution in [0.15, 0.2) is 24.3 Å². The van der Waals surface area contributed by atoms with Crippen molar-refractivity contribution in [1.29, 1.82) is 0 Å². The van der Waals surface area contributed by atoms with Crippen molar-refractivity contribution in [1.82, 2.24) is 15.1 Å². The van der Waals surface area contributed by atoms with E-state index in [0.29, 0.717) is 37.5 Å². The zero-order chi connectivity index (χ0) is 15.9. The average molecular weight is 305 g/mol. The van der Waals surface area contributed by atoms with Crippen LogP contribution in [0.5, 0.6) is 5.75 Å². The molecule has 7 nitrogen and oxygen atoms in total. The van der Waals surface area contributed by atoms with E-state index >= 15 is 0 Å². The minimum absolute atomic E-state index is 0.0497. The standard InChI is InChI=1S/C15H19N3O4/c1-22-13-4-2-12(3-5-13)15(21)16-10-14(20)18-8-6-17(11-19)7-9-18/h2-5,11H,6-10H2,1H3,(H,16,21). The fourth-order valence-electron chi connectivity index (χ4n) is 2.19. The molecule has 1 saturated heterocycles. The first-order chi connectivity index (χ1) is 10.6. The number of ether oxygens (including phenoxy) is 1. The highest BCUT2D eigenvalue weighted by atomic mass is 16.5. The molecule has 118 valence electrons. The highest BCUT2D eigenvalue weighted by Gasteiger charge is 2.20. The molecule has 3 amide bonds. The van der Waals surface area contributed by atoms with Crippen LogP contribution in [-0.2, 0) is 9.59 Å². The van der Waals surface area contributed by atoms with Gasteiger partial charge in [0.2, 0.25) is 12.3 Å². The zero-order valence-electron chi connectivity index (χ0n) is 12.4. The molecule has 0 spiro atoms. The topological polar surface area (TPSA) is 79.0 Å². The molecule has 1 aromatic rings. The molecule has 0 saturated carbocycles. The van der Waals surface area contributed by atoms with Gasteiger partial charge in [-0.1, -0.05) is 0 Å². The molecular weight excluding hydrogens is 286 g/mol. The van der Waals surface area contributed by atoms with Gasteiger partial charge in [-0.3, -0.25) is 14.4 Å². The quantitative estimate of drug-likeness (QED) is 0.759. The van der Waals surface area contributed by atoms with Gasteiger partial charge in [0.05, 0.1) is 13.7 Å². The van der Waals surface area contributed by atoms with Gasteiger partial charge in [0.25, 0.3) is 5.91 Å². The molecule has 2 rings (SSSR count). The fourth-order valence-corrected chi connectivity index (χ4v) is 2.19. The number of rotatable bonds is 5. The third-order valence-corrected chi connectivity index (χ3v) is 3.57. The number of carbonyl (C=O) groups is 3. The SMILES string of the molecule is COc1ccc(C(=O)NCC(=O)N2CCN(C=O)CC2)cc1. The molecule has 0 bridgehead atoms. The van der Waals surface area contributed by atoms with Gasteiger partial charge in [-0.15, -0.1) is 0 Å². The number of hydrogen-bond acceptors (Lipinski definition) is 4. The van der Waals surface area contributed by atoms with Crippen molar-refractivity contribution in [3.63, 3.8) is 0 Å². The minimum atomic E-state index is -0.303. The summed E-state index contributed by atoms with van der Waals surface area (Å²) in [5.41, 5.74) is 0.472. The lowest BCUT2D eigenvalue weighted by Crippen LogP contribution is -2.50.